The summed E-state index contributed by atoms with van der Waals surface area (Å²) in [5, 5.41) is 0. The first-order valence-corrected chi connectivity index (χ1v) is 3.37. The maximum absolute atomic E-state index is 11.7. The van der Waals surface area contributed by atoms with E-state index in [1.807, 2.05) is 0 Å². The molecule has 0 aromatic heterocycles. The van der Waals surface area contributed by atoms with Crippen LogP contribution in [0.15, 0.2) is 12.7 Å². The first-order chi connectivity index (χ1) is 4.99. The Balaban J connectivity index is 3.77. The molecule has 4 heteroatoms. The van der Waals surface area contributed by atoms with Crippen LogP contribution in [0.2, 0.25) is 0 Å². The molecule has 0 unspecified atom stereocenters. The number of allylic oxidation sites excluding steroid dienone is 1. The minimum absolute atomic E-state index is 0.0610. The summed E-state index contributed by atoms with van der Waals surface area (Å²) in [4.78, 5) is 0. The van der Waals surface area contributed by atoms with Crippen LogP contribution in [-0.2, 0) is 0 Å². The van der Waals surface area contributed by atoms with Gasteiger partial charge in [0.1, 0.15) is 0 Å². The van der Waals surface area contributed by atoms with Gasteiger partial charge in [-0.25, -0.2) is 0 Å². The Morgan fingerprint density at radius 2 is 2.00 bits per heavy atom. The summed E-state index contributed by atoms with van der Waals surface area (Å²) in [5.41, 5.74) is 5.12. The van der Waals surface area contributed by atoms with E-state index >= 15 is 0 Å². The molecular weight excluding hydrogens is 155 g/mol. The van der Waals surface area contributed by atoms with Crippen molar-refractivity contribution in [3.63, 3.8) is 0 Å². The topological polar surface area (TPSA) is 26.0 Å². The Bertz CT molecular complexity index is 119. The molecule has 0 heterocycles. The second kappa shape index (κ2) is 4.38. The summed E-state index contributed by atoms with van der Waals surface area (Å²) >= 11 is 0. The van der Waals surface area contributed by atoms with Gasteiger partial charge in [0.25, 0.3) is 0 Å². The average Bonchev–Trinajstić information content (AvgIpc) is 1.84. The van der Waals surface area contributed by atoms with Gasteiger partial charge in [-0.3, -0.25) is 0 Å². The zero-order chi connectivity index (χ0) is 8.91. The van der Waals surface area contributed by atoms with Crippen LogP contribution in [0.1, 0.15) is 12.8 Å². The lowest BCUT2D eigenvalue weighted by molar-refractivity contribution is -0.143. The number of halogens is 3. The first kappa shape index (κ1) is 10.5. The van der Waals surface area contributed by atoms with Gasteiger partial charge < -0.3 is 5.73 Å². The van der Waals surface area contributed by atoms with Gasteiger partial charge in [-0.05, 0) is 18.9 Å². The molecule has 0 aromatic carbocycles. The zero-order valence-electron chi connectivity index (χ0n) is 6.19. The van der Waals surface area contributed by atoms with Gasteiger partial charge in [0.15, 0.2) is 0 Å². The molecule has 0 aliphatic carbocycles. The second-order valence-corrected chi connectivity index (χ2v) is 2.45. The molecular formula is C7H12F3N. The van der Waals surface area contributed by atoms with Crippen molar-refractivity contribution >= 4 is 0 Å². The fourth-order valence-electron chi connectivity index (χ4n) is 0.826. The van der Waals surface area contributed by atoms with Gasteiger partial charge >= 0.3 is 6.18 Å². The highest BCUT2D eigenvalue weighted by Gasteiger charge is 2.30. The lowest BCUT2D eigenvalue weighted by Gasteiger charge is -2.14. The fraction of sp³-hybridized carbons (Fsp3) is 0.714. The number of rotatable bonds is 4. The van der Waals surface area contributed by atoms with E-state index in [1.165, 1.54) is 6.08 Å². The van der Waals surface area contributed by atoms with Crippen molar-refractivity contribution in [2.45, 2.75) is 19.0 Å². The predicted octanol–water partition coefficient (Wildman–Crippen LogP) is 2.09. The van der Waals surface area contributed by atoms with E-state index in [-0.39, 0.29) is 6.54 Å². The lowest BCUT2D eigenvalue weighted by Crippen LogP contribution is -2.21. The van der Waals surface area contributed by atoms with Crippen LogP contribution < -0.4 is 5.73 Å². The van der Waals surface area contributed by atoms with E-state index in [0.29, 0.717) is 6.42 Å². The third-order valence-electron chi connectivity index (χ3n) is 1.35. The standard InChI is InChI=1S/C7H12F3N/c1-2-3-6(5-11)4-7(8,9)10/h2,6H,1,3-5,11H2/t6-/m0/s1. The lowest BCUT2D eigenvalue weighted by atomic mass is 10.0. The number of hydrogen-bond acceptors (Lipinski definition) is 1. The molecule has 0 saturated heterocycles. The van der Waals surface area contributed by atoms with Crippen LogP contribution in [0, 0.1) is 5.92 Å². The molecule has 1 atom stereocenters. The van der Waals surface area contributed by atoms with E-state index in [9.17, 15) is 13.2 Å². The normalized spacial score (nSPS) is 14.5. The van der Waals surface area contributed by atoms with Crippen molar-refractivity contribution in [1.82, 2.24) is 0 Å². The summed E-state index contributed by atoms with van der Waals surface area (Å²) in [6, 6.07) is 0. The van der Waals surface area contributed by atoms with Crippen LogP contribution in [-0.4, -0.2) is 12.7 Å². The van der Waals surface area contributed by atoms with Crippen LogP contribution in [0.5, 0.6) is 0 Å². The van der Waals surface area contributed by atoms with Gasteiger partial charge in [0.2, 0.25) is 0 Å². The number of nitrogens with two attached hydrogens (primary N) is 1. The van der Waals surface area contributed by atoms with Crippen LogP contribution in [0.25, 0.3) is 0 Å². The van der Waals surface area contributed by atoms with Crippen molar-refractivity contribution in [3.8, 4) is 0 Å². The maximum Gasteiger partial charge on any atom is 0.389 e. The molecule has 0 bridgehead atoms. The summed E-state index contributed by atoms with van der Waals surface area (Å²) in [5.74, 6) is -0.507. The van der Waals surface area contributed by atoms with Crippen molar-refractivity contribution in [2.24, 2.45) is 11.7 Å². The highest BCUT2D eigenvalue weighted by molar-refractivity contribution is 4.75. The van der Waals surface area contributed by atoms with Gasteiger partial charge in [-0.1, -0.05) is 6.08 Å². The molecule has 0 saturated carbocycles. The Kier molecular flexibility index (Phi) is 4.18. The molecule has 0 aliphatic heterocycles. The first-order valence-electron chi connectivity index (χ1n) is 3.37. The Labute approximate surface area is 64.1 Å². The summed E-state index contributed by atoms with van der Waals surface area (Å²) < 4.78 is 35.2. The monoisotopic (exact) mass is 167 g/mol. The van der Waals surface area contributed by atoms with Crippen LogP contribution in [0.4, 0.5) is 13.2 Å². The quantitative estimate of drug-likeness (QED) is 0.637. The molecule has 11 heavy (non-hydrogen) atoms. The van der Waals surface area contributed by atoms with Gasteiger partial charge in [-0.15, -0.1) is 6.58 Å². The van der Waals surface area contributed by atoms with Crippen molar-refractivity contribution in [1.29, 1.82) is 0 Å². The van der Waals surface area contributed by atoms with E-state index < -0.39 is 18.5 Å². The fourth-order valence-corrected chi connectivity index (χ4v) is 0.826. The summed E-state index contributed by atoms with van der Waals surface area (Å²) in [6.45, 7) is 3.42. The smallest absolute Gasteiger partial charge is 0.330 e. The minimum Gasteiger partial charge on any atom is -0.330 e. The van der Waals surface area contributed by atoms with E-state index in [4.69, 9.17) is 5.73 Å². The third kappa shape index (κ3) is 5.91. The summed E-state index contributed by atoms with van der Waals surface area (Å²) in [7, 11) is 0. The molecule has 0 rings (SSSR count). The van der Waals surface area contributed by atoms with E-state index in [2.05, 4.69) is 6.58 Å². The molecule has 0 radical (unpaired) electrons. The highest BCUT2D eigenvalue weighted by atomic mass is 19.4. The van der Waals surface area contributed by atoms with Crippen molar-refractivity contribution in [3.05, 3.63) is 12.7 Å². The molecule has 0 aliphatic rings. The SMILES string of the molecule is C=CC[C@H](CN)CC(F)(F)F. The average molecular weight is 167 g/mol. The molecule has 2 N–H and O–H groups in total. The van der Waals surface area contributed by atoms with E-state index in [1.54, 1.807) is 0 Å². The van der Waals surface area contributed by atoms with Crippen molar-refractivity contribution in [2.75, 3.05) is 6.54 Å². The van der Waals surface area contributed by atoms with Crippen molar-refractivity contribution < 1.29 is 13.2 Å². The van der Waals surface area contributed by atoms with Crippen LogP contribution >= 0.6 is 0 Å². The predicted molar refractivity (Wildman–Crippen MR) is 38.0 cm³/mol. The Morgan fingerprint density at radius 1 is 1.45 bits per heavy atom. The molecule has 1 nitrogen and oxygen atoms in total. The third-order valence-corrected chi connectivity index (χ3v) is 1.35. The van der Waals surface area contributed by atoms with Crippen LogP contribution in [0.3, 0.4) is 0 Å². The molecule has 0 spiro atoms. The largest absolute Gasteiger partial charge is 0.389 e. The van der Waals surface area contributed by atoms with Gasteiger partial charge in [0.05, 0.1) is 0 Å². The zero-order valence-corrected chi connectivity index (χ0v) is 6.19. The minimum atomic E-state index is -4.10. The van der Waals surface area contributed by atoms with E-state index in [0.717, 1.165) is 0 Å². The molecule has 66 valence electrons. The molecule has 0 fully saturated rings. The molecule has 0 aromatic rings. The number of hydrogen-bond donors (Lipinski definition) is 1. The van der Waals surface area contributed by atoms with Gasteiger partial charge in [-0.2, -0.15) is 13.2 Å². The maximum atomic E-state index is 11.7. The highest BCUT2D eigenvalue weighted by Crippen LogP contribution is 2.25. The number of alkyl halides is 3. The Hall–Kier alpha value is -0.510. The van der Waals surface area contributed by atoms with Gasteiger partial charge in [0, 0.05) is 6.42 Å². The molecule has 0 amide bonds. The summed E-state index contributed by atoms with van der Waals surface area (Å²) in [6.07, 6.45) is -3.12. The Morgan fingerprint density at radius 3 is 2.27 bits per heavy atom. The second-order valence-electron chi connectivity index (χ2n) is 2.45.